The molecule has 5 N–H and O–H groups in total. The smallest absolute Gasteiger partial charge is 0.183 e. The van der Waals surface area contributed by atoms with Gasteiger partial charge in [-0.25, -0.2) is 19.6 Å². The van der Waals surface area contributed by atoms with Gasteiger partial charge in [0.2, 0.25) is 0 Å². The number of nitrogens with two attached hydrogens (primary N) is 2. The van der Waals surface area contributed by atoms with E-state index in [-0.39, 0.29) is 5.49 Å². The zero-order valence-corrected chi connectivity index (χ0v) is 15.4. The third-order valence-corrected chi connectivity index (χ3v) is 4.87. The van der Waals surface area contributed by atoms with Crippen molar-refractivity contribution in [3.8, 4) is 0 Å². The molecule has 2 aliphatic heterocycles. The first-order valence-corrected chi connectivity index (χ1v) is 8.73. The maximum Gasteiger partial charge on any atom is 0.183 e. The lowest BCUT2D eigenvalue weighted by Gasteiger charge is -2.39. The zero-order chi connectivity index (χ0) is 19.2. The van der Waals surface area contributed by atoms with Crippen LogP contribution in [0.25, 0.3) is 0 Å². The predicted octanol–water partition coefficient (Wildman–Crippen LogP) is -0.213. The van der Waals surface area contributed by atoms with Gasteiger partial charge < -0.3 is 20.9 Å². The number of quaternary nitrogens is 1. The van der Waals surface area contributed by atoms with Gasteiger partial charge in [0.05, 0.1) is 57.9 Å². The molecule has 0 aromatic carbocycles. The van der Waals surface area contributed by atoms with Gasteiger partial charge in [-0.05, 0) is 6.07 Å². The van der Waals surface area contributed by atoms with Crippen LogP contribution < -0.4 is 21.9 Å². The second-order valence-electron chi connectivity index (χ2n) is 7.41. The monoisotopic (exact) mass is 367 g/mol. The first-order valence-electron chi connectivity index (χ1n) is 8.73. The number of anilines is 3. The summed E-state index contributed by atoms with van der Waals surface area (Å²) in [5, 5.41) is 11.9. The van der Waals surface area contributed by atoms with Crippen molar-refractivity contribution in [2.75, 3.05) is 56.6 Å². The van der Waals surface area contributed by atoms with Crippen LogP contribution in [0.1, 0.15) is 5.82 Å². The largest absolute Gasteiger partial charge is 0.396 e. The molecule has 0 unspecified atom stereocenters. The normalized spacial score (nSPS) is 19.5. The van der Waals surface area contributed by atoms with Gasteiger partial charge in [0.15, 0.2) is 17.5 Å². The fourth-order valence-corrected chi connectivity index (χ4v) is 3.14. The Labute approximate surface area is 156 Å². The predicted molar refractivity (Wildman–Crippen MR) is 105 cm³/mol. The van der Waals surface area contributed by atoms with Crippen molar-refractivity contribution in [1.29, 1.82) is 5.41 Å². The minimum atomic E-state index is 0.146. The molecule has 2 aromatic heterocycles. The molecule has 0 amide bonds. The Bertz CT molecular complexity index is 1010. The molecule has 2 aromatic rings. The van der Waals surface area contributed by atoms with Crippen LogP contribution in [0.2, 0.25) is 0 Å². The number of piperazine rings is 1. The molecule has 0 saturated carbocycles. The minimum absolute atomic E-state index is 0.146. The Morgan fingerprint density at radius 3 is 2.63 bits per heavy atom. The first-order chi connectivity index (χ1) is 12.8. The lowest BCUT2D eigenvalue weighted by Crippen LogP contribution is -2.55. The molecule has 10 heteroatoms. The summed E-state index contributed by atoms with van der Waals surface area (Å²) in [6, 6.07) is 3.26. The molecule has 0 atom stereocenters. The molecule has 10 nitrogen and oxygen atoms in total. The van der Waals surface area contributed by atoms with Crippen LogP contribution >= 0.6 is 0 Å². The molecular formula is C17H23N10+. The van der Waals surface area contributed by atoms with E-state index in [1.165, 1.54) is 0 Å². The van der Waals surface area contributed by atoms with Gasteiger partial charge in [-0.15, -0.1) is 0 Å². The number of nitrogens with one attached hydrogen (secondary N) is 1. The molecule has 1 fully saturated rings. The second-order valence-corrected chi connectivity index (χ2v) is 7.41. The third-order valence-electron chi connectivity index (χ3n) is 4.87. The van der Waals surface area contributed by atoms with Gasteiger partial charge in [-0.3, -0.25) is 5.41 Å². The van der Waals surface area contributed by atoms with E-state index in [0.29, 0.717) is 34.5 Å². The molecule has 0 radical (unpaired) electrons. The van der Waals surface area contributed by atoms with Crippen molar-refractivity contribution >= 4 is 34.9 Å². The maximum atomic E-state index is 7.70. The quantitative estimate of drug-likeness (QED) is 0.631. The Kier molecular flexibility index (Phi) is 3.92. The van der Waals surface area contributed by atoms with Gasteiger partial charge in [0.25, 0.3) is 0 Å². The van der Waals surface area contributed by atoms with E-state index in [1.807, 2.05) is 0 Å². The average Bonchev–Trinajstić information content (AvgIpc) is 3.00. The van der Waals surface area contributed by atoms with Gasteiger partial charge in [-0.2, -0.15) is 5.10 Å². The van der Waals surface area contributed by atoms with Crippen LogP contribution in [-0.4, -0.2) is 71.3 Å². The summed E-state index contributed by atoms with van der Waals surface area (Å²) < 4.78 is 2.54. The summed E-state index contributed by atoms with van der Waals surface area (Å²) in [7, 11) is 4.44. The van der Waals surface area contributed by atoms with E-state index in [1.54, 1.807) is 29.2 Å². The van der Waals surface area contributed by atoms with Crippen LogP contribution in [0.5, 0.6) is 0 Å². The highest BCUT2D eigenvalue weighted by Crippen LogP contribution is 2.31. The summed E-state index contributed by atoms with van der Waals surface area (Å²) in [5.41, 5.74) is 13.9. The highest BCUT2D eigenvalue weighted by atomic mass is 15.4. The van der Waals surface area contributed by atoms with E-state index in [4.69, 9.17) is 16.9 Å². The molecule has 4 heterocycles. The zero-order valence-electron chi connectivity index (χ0n) is 15.4. The molecule has 0 aliphatic carbocycles. The van der Waals surface area contributed by atoms with Crippen LogP contribution in [0.15, 0.2) is 28.4 Å². The van der Waals surface area contributed by atoms with Gasteiger partial charge in [0, 0.05) is 12.3 Å². The van der Waals surface area contributed by atoms with E-state index < -0.39 is 0 Å². The first kappa shape index (κ1) is 17.2. The lowest BCUT2D eigenvalue weighted by molar-refractivity contribution is -0.890. The van der Waals surface area contributed by atoms with E-state index in [9.17, 15) is 0 Å². The Morgan fingerprint density at radius 1 is 1.15 bits per heavy atom. The van der Waals surface area contributed by atoms with Gasteiger partial charge >= 0.3 is 0 Å². The van der Waals surface area contributed by atoms with Crippen LogP contribution in [0.3, 0.4) is 0 Å². The van der Waals surface area contributed by atoms with Crippen molar-refractivity contribution in [2.45, 2.75) is 0 Å². The SMILES string of the molecule is C[N+]1(C)CCN(c2nc(N=C3C=Nn4ccc(=N)nc43)c(N)cc2N)CC1. The molecule has 1 saturated heterocycles. The van der Waals surface area contributed by atoms with Crippen LogP contribution in [0.4, 0.5) is 23.0 Å². The fraction of sp³-hybridized carbons (Fsp3) is 0.353. The molecule has 4 rings (SSSR count). The van der Waals surface area contributed by atoms with E-state index >= 15 is 0 Å². The Morgan fingerprint density at radius 2 is 1.89 bits per heavy atom. The number of fused-ring (bicyclic) bond motifs is 1. The Hall–Kier alpha value is -3.27. The van der Waals surface area contributed by atoms with Crippen molar-refractivity contribution in [3.63, 3.8) is 0 Å². The number of nitrogens with zero attached hydrogens (tertiary/aromatic N) is 7. The van der Waals surface area contributed by atoms with Crippen molar-refractivity contribution in [2.24, 2.45) is 10.1 Å². The third kappa shape index (κ3) is 3.26. The standard InChI is InChI=1S/C17H23N10/c1-27(2)7-5-25(6-8-27)16-12(19)9-11(18)15(24-16)22-13-10-21-26-4-3-14(20)23-17(13)26/h3-4,9-10,20H,5-8,18-19H2,1-2H3/q+1. The lowest BCUT2D eigenvalue weighted by atomic mass is 10.2. The van der Waals surface area contributed by atoms with Gasteiger partial charge in [-0.1, -0.05) is 0 Å². The summed E-state index contributed by atoms with van der Waals surface area (Å²) in [4.78, 5) is 15.5. The number of nitrogen functional groups attached to an aromatic ring is 2. The number of aromatic nitrogens is 3. The summed E-state index contributed by atoms with van der Waals surface area (Å²) in [6.07, 6.45) is 3.25. The summed E-state index contributed by atoms with van der Waals surface area (Å²) in [6.45, 7) is 3.77. The van der Waals surface area contributed by atoms with Crippen molar-refractivity contribution in [1.82, 2.24) is 14.6 Å². The van der Waals surface area contributed by atoms with Crippen LogP contribution in [-0.2, 0) is 0 Å². The average molecular weight is 367 g/mol. The maximum absolute atomic E-state index is 7.70. The molecule has 0 spiro atoms. The number of likely N-dealkylation sites (N-methyl/N-ethyl adjacent to an activating group) is 1. The van der Waals surface area contributed by atoms with E-state index in [0.717, 1.165) is 30.7 Å². The van der Waals surface area contributed by atoms with Crippen LogP contribution in [0, 0.1) is 5.41 Å². The minimum Gasteiger partial charge on any atom is -0.396 e. The van der Waals surface area contributed by atoms with E-state index in [2.05, 4.69) is 39.1 Å². The van der Waals surface area contributed by atoms with Crippen molar-refractivity contribution < 1.29 is 4.48 Å². The number of hydrogen-bond donors (Lipinski definition) is 3. The molecule has 0 bridgehead atoms. The molecule has 27 heavy (non-hydrogen) atoms. The number of rotatable bonds is 2. The van der Waals surface area contributed by atoms with Gasteiger partial charge in [0.1, 0.15) is 11.2 Å². The Balaban J connectivity index is 1.70. The fourth-order valence-electron chi connectivity index (χ4n) is 3.14. The molecule has 140 valence electrons. The van der Waals surface area contributed by atoms with Crippen molar-refractivity contribution in [3.05, 3.63) is 29.6 Å². The number of hydrogen-bond acceptors (Lipinski definition) is 8. The molecular weight excluding hydrogens is 344 g/mol. The topological polar surface area (TPSA) is 135 Å². The number of aliphatic imine (C=N–C) groups is 1. The highest BCUT2D eigenvalue weighted by Gasteiger charge is 2.27. The second kappa shape index (κ2) is 6.16. The summed E-state index contributed by atoms with van der Waals surface area (Å²) in [5.74, 6) is 1.57. The molecule has 2 aliphatic rings. The number of pyridine rings is 1. The highest BCUT2D eigenvalue weighted by molar-refractivity contribution is 6.39. The summed E-state index contributed by atoms with van der Waals surface area (Å²) >= 11 is 0.